The molecule has 1 heterocycles. The summed E-state index contributed by atoms with van der Waals surface area (Å²) in [5.74, 6) is 1.27. The molecular formula is C17H24ClN5. The van der Waals surface area contributed by atoms with Gasteiger partial charge in [0, 0.05) is 37.1 Å². The molecule has 0 radical (unpaired) electrons. The lowest BCUT2D eigenvalue weighted by molar-refractivity contribution is 0.443. The third-order valence-electron chi connectivity index (χ3n) is 3.33. The van der Waals surface area contributed by atoms with Crippen molar-refractivity contribution in [2.75, 3.05) is 13.1 Å². The Morgan fingerprint density at radius 3 is 2.91 bits per heavy atom. The molecule has 0 aliphatic carbocycles. The molecule has 0 saturated heterocycles. The monoisotopic (exact) mass is 333 g/mol. The number of guanidine groups is 1. The van der Waals surface area contributed by atoms with Crippen LogP contribution in [0.15, 0.2) is 47.7 Å². The average molecular weight is 334 g/mol. The zero-order chi connectivity index (χ0) is 16.5. The molecule has 2 N–H and O–H groups in total. The van der Waals surface area contributed by atoms with Crippen LogP contribution in [0.1, 0.15) is 19.4 Å². The molecule has 2 rings (SSSR count). The highest BCUT2D eigenvalue weighted by atomic mass is 35.5. The zero-order valence-electron chi connectivity index (χ0n) is 13.7. The Morgan fingerprint density at radius 1 is 1.35 bits per heavy atom. The van der Waals surface area contributed by atoms with Crippen molar-refractivity contribution in [3.63, 3.8) is 0 Å². The number of hydrogen-bond donors (Lipinski definition) is 2. The number of aliphatic imine (C=N–C) groups is 1. The van der Waals surface area contributed by atoms with E-state index in [1.807, 2.05) is 41.2 Å². The van der Waals surface area contributed by atoms with Gasteiger partial charge in [-0.3, -0.25) is 4.68 Å². The van der Waals surface area contributed by atoms with Crippen LogP contribution in [0.2, 0.25) is 5.02 Å². The smallest absolute Gasteiger partial charge is 0.191 e. The van der Waals surface area contributed by atoms with E-state index in [0.717, 1.165) is 36.2 Å². The SMILES string of the molecule is CCNC(=NCc1cccc(Cl)c1)NCC(C)Cn1cccn1. The Hall–Kier alpha value is -2.01. The van der Waals surface area contributed by atoms with Crippen molar-refractivity contribution in [2.24, 2.45) is 10.9 Å². The molecule has 0 bridgehead atoms. The fourth-order valence-electron chi connectivity index (χ4n) is 2.21. The van der Waals surface area contributed by atoms with Crippen molar-refractivity contribution in [3.05, 3.63) is 53.3 Å². The van der Waals surface area contributed by atoms with E-state index in [-0.39, 0.29) is 0 Å². The van der Waals surface area contributed by atoms with E-state index in [1.165, 1.54) is 0 Å². The van der Waals surface area contributed by atoms with Crippen LogP contribution in [0, 0.1) is 5.92 Å². The average Bonchev–Trinajstić information content (AvgIpc) is 3.03. The van der Waals surface area contributed by atoms with Gasteiger partial charge in [-0.05, 0) is 36.6 Å². The number of hydrogen-bond acceptors (Lipinski definition) is 2. The lowest BCUT2D eigenvalue weighted by Gasteiger charge is -2.16. The Balaban J connectivity index is 1.86. The molecule has 0 spiro atoms. The molecule has 23 heavy (non-hydrogen) atoms. The van der Waals surface area contributed by atoms with Crippen molar-refractivity contribution in [1.82, 2.24) is 20.4 Å². The second kappa shape index (κ2) is 9.20. The van der Waals surface area contributed by atoms with Gasteiger partial charge in [-0.25, -0.2) is 4.99 Å². The predicted molar refractivity (Wildman–Crippen MR) is 95.7 cm³/mol. The highest BCUT2D eigenvalue weighted by molar-refractivity contribution is 6.30. The van der Waals surface area contributed by atoms with E-state index in [4.69, 9.17) is 11.6 Å². The van der Waals surface area contributed by atoms with E-state index in [2.05, 4.69) is 34.6 Å². The van der Waals surface area contributed by atoms with Crippen LogP contribution in [0.25, 0.3) is 0 Å². The highest BCUT2D eigenvalue weighted by Gasteiger charge is 2.05. The number of benzene rings is 1. The minimum Gasteiger partial charge on any atom is -0.357 e. The first-order chi connectivity index (χ1) is 11.2. The lowest BCUT2D eigenvalue weighted by Crippen LogP contribution is -2.40. The number of rotatable bonds is 7. The molecule has 0 fully saturated rings. The van der Waals surface area contributed by atoms with Crippen LogP contribution in [-0.2, 0) is 13.1 Å². The van der Waals surface area contributed by atoms with E-state index < -0.39 is 0 Å². The molecule has 0 saturated carbocycles. The molecule has 1 unspecified atom stereocenters. The molecule has 6 heteroatoms. The fraction of sp³-hybridized carbons (Fsp3) is 0.412. The summed E-state index contributed by atoms with van der Waals surface area (Å²) in [5, 5.41) is 11.6. The Morgan fingerprint density at radius 2 is 2.22 bits per heavy atom. The third-order valence-corrected chi connectivity index (χ3v) is 3.56. The standard InChI is InChI=1S/C17H24ClN5/c1-3-19-17(21-12-15-6-4-7-16(18)10-15)20-11-14(2)13-23-9-5-8-22-23/h4-10,14H,3,11-13H2,1-2H3,(H2,19,20,21). The maximum absolute atomic E-state index is 6.00. The van der Waals surface area contributed by atoms with Crippen molar-refractivity contribution in [1.29, 1.82) is 0 Å². The van der Waals surface area contributed by atoms with E-state index in [0.29, 0.717) is 12.5 Å². The van der Waals surface area contributed by atoms with Gasteiger partial charge < -0.3 is 10.6 Å². The van der Waals surface area contributed by atoms with Crippen LogP contribution >= 0.6 is 11.6 Å². The zero-order valence-corrected chi connectivity index (χ0v) is 14.4. The van der Waals surface area contributed by atoms with Crippen LogP contribution in [0.5, 0.6) is 0 Å². The number of halogens is 1. The molecule has 1 aromatic heterocycles. The van der Waals surface area contributed by atoms with Crippen LogP contribution in [0.3, 0.4) is 0 Å². The first kappa shape index (κ1) is 17.3. The number of aromatic nitrogens is 2. The van der Waals surface area contributed by atoms with Crippen LogP contribution in [-0.4, -0.2) is 28.8 Å². The van der Waals surface area contributed by atoms with Gasteiger partial charge in [0.2, 0.25) is 0 Å². The minimum absolute atomic E-state index is 0.449. The fourth-order valence-corrected chi connectivity index (χ4v) is 2.42. The summed E-state index contributed by atoms with van der Waals surface area (Å²) in [6, 6.07) is 9.72. The van der Waals surface area contributed by atoms with Gasteiger partial charge in [0.25, 0.3) is 0 Å². The molecule has 0 aliphatic rings. The maximum atomic E-state index is 6.00. The molecule has 124 valence electrons. The molecule has 1 atom stereocenters. The minimum atomic E-state index is 0.449. The Bertz CT molecular complexity index is 609. The molecular weight excluding hydrogens is 310 g/mol. The van der Waals surface area contributed by atoms with Gasteiger partial charge in [0.05, 0.1) is 6.54 Å². The summed E-state index contributed by atoms with van der Waals surface area (Å²) in [7, 11) is 0. The van der Waals surface area contributed by atoms with Gasteiger partial charge in [-0.15, -0.1) is 0 Å². The maximum Gasteiger partial charge on any atom is 0.191 e. The molecule has 2 aromatic rings. The molecule has 0 amide bonds. The second-order valence-corrected chi connectivity index (χ2v) is 5.98. The first-order valence-corrected chi connectivity index (χ1v) is 8.29. The molecule has 0 aliphatic heterocycles. The van der Waals surface area contributed by atoms with Gasteiger partial charge in [-0.2, -0.15) is 5.10 Å². The van der Waals surface area contributed by atoms with Crippen molar-refractivity contribution >= 4 is 17.6 Å². The Kier molecular flexibility index (Phi) is 6.94. The van der Waals surface area contributed by atoms with E-state index >= 15 is 0 Å². The van der Waals surface area contributed by atoms with Gasteiger partial charge in [0.15, 0.2) is 5.96 Å². The quantitative estimate of drug-likeness (QED) is 0.605. The van der Waals surface area contributed by atoms with Crippen LogP contribution in [0.4, 0.5) is 0 Å². The summed E-state index contributed by atoms with van der Waals surface area (Å²) in [6.45, 7) is 7.40. The van der Waals surface area contributed by atoms with E-state index in [9.17, 15) is 0 Å². The van der Waals surface area contributed by atoms with Crippen molar-refractivity contribution in [3.8, 4) is 0 Å². The van der Waals surface area contributed by atoms with Gasteiger partial charge in [-0.1, -0.05) is 30.7 Å². The lowest BCUT2D eigenvalue weighted by atomic mass is 10.2. The summed E-state index contributed by atoms with van der Waals surface area (Å²) in [4.78, 5) is 4.61. The summed E-state index contributed by atoms with van der Waals surface area (Å²) >= 11 is 6.00. The largest absolute Gasteiger partial charge is 0.357 e. The predicted octanol–water partition coefficient (Wildman–Crippen LogP) is 2.93. The summed E-state index contributed by atoms with van der Waals surface area (Å²) in [5.41, 5.74) is 1.10. The summed E-state index contributed by atoms with van der Waals surface area (Å²) in [6.07, 6.45) is 3.78. The molecule has 1 aromatic carbocycles. The van der Waals surface area contributed by atoms with Crippen molar-refractivity contribution < 1.29 is 0 Å². The summed E-state index contributed by atoms with van der Waals surface area (Å²) < 4.78 is 1.95. The highest BCUT2D eigenvalue weighted by Crippen LogP contribution is 2.11. The molecule has 5 nitrogen and oxygen atoms in total. The Labute approximate surface area is 142 Å². The number of nitrogens with one attached hydrogen (secondary N) is 2. The van der Waals surface area contributed by atoms with Crippen LogP contribution < -0.4 is 10.6 Å². The van der Waals surface area contributed by atoms with E-state index in [1.54, 1.807) is 6.20 Å². The third kappa shape index (κ3) is 6.32. The second-order valence-electron chi connectivity index (χ2n) is 5.54. The number of nitrogens with zero attached hydrogens (tertiary/aromatic N) is 3. The van der Waals surface area contributed by atoms with Gasteiger partial charge >= 0.3 is 0 Å². The topological polar surface area (TPSA) is 54.2 Å². The normalized spacial score (nSPS) is 12.9. The van der Waals surface area contributed by atoms with Crippen molar-refractivity contribution in [2.45, 2.75) is 26.9 Å². The van der Waals surface area contributed by atoms with Gasteiger partial charge in [0.1, 0.15) is 0 Å². The first-order valence-electron chi connectivity index (χ1n) is 7.91.